The van der Waals surface area contributed by atoms with E-state index in [1.807, 2.05) is 48.5 Å². The number of hydrogen-bond acceptors (Lipinski definition) is 2. The van der Waals surface area contributed by atoms with E-state index in [4.69, 9.17) is 0 Å². The van der Waals surface area contributed by atoms with Crippen LogP contribution in [0, 0.1) is 22.7 Å². The Kier molecular flexibility index (Phi) is 4.00. The van der Waals surface area contributed by atoms with Crippen molar-refractivity contribution in [2.75, 3.05) is 0 Å². The first-order valence-corrected chi connectivity index (χ1v) is 10.6. The Balaban J connectivity index is 1.78. The van der Waals surface area contributed by atoms with E-state index >= 15 is 0 Å². The average Bonchev–Trinajstić information content (AvgIpc) is 3.37. The Bertz CT molecular complexity index is 1610. The molecule has 0 saturated carbocycles. The Morgan fingerprint density at radius 2 is 1.34 bits per heavy atom. The van der Waals surface area contributed by atoms with Gasteiger partial charge < -0.3 is 0 Å². The summed E-state index contributed by atoms with van der Waals surface area (Å²) in [6.07, 6.45) is 6.46. The first-order valence-electron chi connectivity index (χ1n) is 10.6. The van der Waals surface area contributed by atoms with Crippen molar-refractivity contribution >= 4 is 28.0 Å². The van der Waals surface area contributed by atoms with E-state index in [2.05, 4.69) is 57.7 Å². The molecule has 0 bridgehead atoms. The predicted octanol–water partition coefficient (Wildman–Crippen LogP) is 6.28. The number of nitrogens with zero attached hydrogens (tertiary/aromatic N) is 4. The molecular formula is C28H18N4. The van der Waals surface area contributed by atoms with Crippen LogP contribution >= 0.6 is 0 Å². The van der Waals surface area contributed by atoms with E-state index < -0.39 is 0 Å². The lowest BCUT2D eigenvalue weighted by atomic mass is 10.0. The van der Waals surface area contributed by atoms with Crippen LogP contribution in [-0.2, 0) is 6.42 Å². The summed E-state index contributed by atoms with van der Waals surface area (Å²) in [5, 5.41) is 21.0. The molecule has 0 radical (unpaired) electrons. The van der Waals surface area contributed by atoms with Crippen LogP contribution in [0.2, 0.25) is 0 Å². The number of aromatic nitrogens is 2. The zero-order chi connectivity index (χ0) is 21.7. The predicted molar refractivity (Wildman–Crippen MR) is 127 cm³/mol. The van der Waals surface area contributed by atoms with Gasteiger partial charge in [-0.3, -0.25) is 9.13 Å². The van der Waals surface area contributed by atoms with E-state index in [0.717, 1.165) is 35.4 Å². The van der Waals surface area contributed by atoms with Gasteiger partial charge in [0.15, 0.2) is 0 Å². The molecule has 3 aromatic carbocycles. The number of allylic oxidation sites excluding steroid dienone is 1. The standard InChI is InChI=1S/C28H18N4/c29-17-19-9-13-21(14-10-19)31-25-7-3-1-5-23(25)27-24-6-2-4-8-26(24)32(28(27)31)22-15-11-20(18-30)12-16-22/h1-3,5-7,9-16H,4,8H2. The van der Waals surface area contributed by atoms with Crippen molar-refractivity contribution in [1.82, 2.24) is 9.13 Å². The van der Waals surface area contributed by atoms with Crippen LogP contribution in [0.4, 0.5) is 0 Å². The second-order valence-electron chi connectivity index (χ2n) is 8.01. The van der Waals surface area contributed by atoms with Crippen molar-refractivity contribution in [3.8, 4) is 23.5 Å². The van der Waals surface area contributed by atoms with Crippen LogP contribution in [0.25, 0.3) is 39.4 Å². The Labute approximate surface area is 185 Å². The average molecular weight is 410 g/mol. The van der Waals surface area contributed by atoms with Gasteiger partial charge in [0, 0.05) is 33.4 Å². The maximum atomic E-state index is 9.26. The summed E-state index contributed by atoms with van der Waals surface area (Å²) in [7, 11) is 0. The zero-order valence-corrected chi connectivity index (χ0v) is 17.3. The van der Waals surface area contributed by atoms with Gasteiger partial charge in [-0.05, 0) is 67.4 Å². The lowest BCUT2D eigenvalue weighted by Crippen LogP contribution is -2.06. The van der Waals surface area contributed by atoms with Gasteiger partial charge in [-0.1, -0.05) is 30.4 Å². The topological polar surface area (TPSA) is 57.4 Å². The lowest BCUT2D eigenvalue weighted by Gasteiger charge is -2.16. The molecule has 150 valence electrons. The fourth-order valence-electron chi connectivity index (χ4n) is 4.85. The number of benzene rings is 3. The third kappa shape index (κ3) is 2.54. The summed E-state index contributed by atoms with van der Waals surface area (Å²) in [5.74, 6) is 0. The van der Waals surface area contributed by atoms with Crippen LogP contribution in [0.1, 0.15) is 28.8 Å². The molecule has 0 N–H and O–H groups in total. The normalized spacial score (nSPS) is 12.6. The number of rotatable bonds is 2. The quantitative estimate of drug-likeness (QED) is 0.344. The number of nitriles is 2. The molecule has 2 heterocycles. The molecule has 0 unspecified atom stereocenters. The van der Waals surface area contributed by atoms with Crippen LogP contribution < -0.4 is 0 Å². The minimum Gasteiger partial charge on any atom is -0.299 e. The molecule has 4 nitrogen and oxygen atoms in total. The minimum absolute atomic E-state index is 0.645. The molecule has 0 fully saturated rings. The van der Waals surface area contributed by atoms with Gasteiger partial charge in [0.2, 0.25) is 0 Å². The summed E-state index contributed by atoms with van der Waals surface area (Å²) in [4.78, 5) is 0. The number of hydrogen-bond donors (Lipinski definition) is 0. The maximum absolute atomic E-state index is 9.26. The van der Waals surface area contributed by atoms with Crippen molar-refractivity contribution in [3.63, 3.8) is 0 Å². The molecule has 32 heavy (non-hydrogen) atoms. The highest BCUT2D eigenvalue weighted by molar-refractivity contribution is 6.13. The van der Waals surface area contributed by atoms with Crippen molar-refractivity contribution in [1.29, 1.82) is 10.5 Å². The van der Waals surface area contributed by atoms with Gasteiger partial charge in [-0.25, -0.2) is 0 Å². The van der Waals surface area contributed by atoms with E-state index in [0.29, 0.717) is 11.1 Å². The summed E-state index contributed by atoms with van der Waals surface area (Å²) in [6.45, 7) is 0. The van der Waals surface area contributed by atoms with E-state index in [9.17, 15) is 10.5 Å². The monoisotopic (exact) mass is 410 g/mol. The molecule has 2 aromatic heterocycles. The van der Waals surface area contributed by atoms with Crippen molar-refractivity contribution < 1.29 is 0 Å². The van der Waals surface area contributed by atoms with Crippen LogP contribution in [0.15, 0.2) is 78.9 Å². The zero-order valence-electron chi connectivity index (χ0n) is 17.3. The Morgan fingerprint density at radius 3 is 2.00 bits per heavy atom. The second-order valence-corrected chi connectivity index (χ2v) is 8.01. The highest BCUT2D eigenvalue weighted by Gasteiger charge is 2.25. The highest BCUT2D eigenvalue weighted by Crippen LogP contribution is 2.41. The van der Waals surface area contributed by atoms with Crippen LogP contribution in [0.3, 0.4) is 0 Å². The third-order valence-corrected chi connectivity index (χ3v) is 6.25. The van der Waals surface area contributed by atoms with Gasteiger partial charge in [0.05, 0.1) is 28.8 Å². The van der Waals surface area contributed by atoms with Gasteiger partial charge in [-0.15, -0.1) is 0 Å². The molecule has 1 aliphatic rings. The van der Waals surface area contributed by atoms with E-state index in [1.54, 1.807) is 0 Å². The first kappa shape index (κ1) is 18.2. The lowest BCUT2D eigenvalue weighted by molar-refractivity contribution is 0.875. The molecule has 0 aliphatic heterocycles. The summed E-state index contributed by atoms with van der Waals surface area (Å²) < 4.78 is 4.63. The SMILES string of the molecule is N#Cc1ccc(-n2c3c(c4c5ccccc5n(-c5ccc(C#N)cc5)c42)C=CCC3)cc1. The fourth-order valence-corrected chi connectivity index (χ4v) is 4.85. The molecule has 5 aromatic rings. The van der Waals surface area contributed by atoms with Crippen LogP contribution in [0.5, 0.6) is 0 Å². The second kappa shape index (κ2) is 7.01. The van der Waals surface area contributed by atoms with Gasteiger partial charge >= 0.3 is 0 Å². The fraction of sp³-hybridized carbons (Fsp3) is 0.0714. The van der Waals surface area contributed by atoms with Crippen LogP contribution in [-0.4, -0.2) is 9.13 Å². The molecule has 0 saturated heterocycles. The molecule has 0 amide bonds. The minimum atomic E-state index is 0.645. The smallest absolute Gasteiger partial charge is 0.131 e. The van der Waals surface area contributed by atoms with Crippen molar-refractivity contribution in [3.05, 3.63) is 101 Å². The molecular weight excluding hydrogens is 392 g/mol. The summed E-state index contributed by atoms with van der Waals surface area (Å²) >= 11 is 0. The largest absolute Gasteiger partial charge is 0.299 e. The molecule has 6 rings (SSSR count). The Morgan fingerprint density at radius 1 is 0.719 bits per heavy atom. The number of fused-ring (bicyclic) bond motifs is 5. The van der Waals surface area contributed by atoms with Gasteiger partial charge in [-0.2, -0.15) is 10.5 Å². The highest BCUT2D eigenvalue weighted by atomic mass is 15.1. The summed E-state index contributed by atoms with van der Waals surface area (Å²) in [6, 6.07) is 28.5. The molecule has 0 atom stereocenters. The third-order valence-electron chi connectivity index (χ3n) is 6.25. The van der Waals surface area contributed by atoms with Crippen molar-refractivity contribution in [2.24, 2.45) is 0 Å². The van der Waals surface area contributed by atoms with E-state index in [1.165, 1.54) is 22.0 Å². The van der Waals surface area contributed by atoms with Gasteiger partial charge in [0.25, 0.3) is 0 Å². The number of para-hydroxylation sites is 1. The summed E-state index contributed by atoms with van der Waals surface area (Å²) in [5.41, 5.74) is 8.15. The maximum Gasteiger partial charge on any atom is 0.131 e. The molecule has 0 spiro atoms. The van der Waals surface area contributed by atoms with Crippen molar-refractivity contribution in [2.45, 2.75) is 12.8 Å². The first-order chi connectivity index (χ1) is 15.8. The molecule has 4 heteroatoms. The Hall–Kier alpha value is -4.54. The van der Waals surface area contributed by atoms with E-state index in [-0.39, 0.29) is 0 Å². The van der Waals surface area contributed by atoms with Gasteiger partial charge in [0.1, 0.15) is 5.65 Å². The molecule has 1 aliphatic carbocycles.